The highest BCUT2D eigenvalue weighted by atomic mass is 16.5. The maximum Gasteiger partial charge on any atom is 0.246 e. The van der Waals surface area contributed by atoms with Crippen molar-refractivity contribution in [3.8, 4) is 0 Å². The van der Waals surface area contributed by atoms with Crippen LogP contribution in [-0.4, -0.2) is 110 Å². The minimum atomic E-state index is -0.623. The summed E-state index contributed by atoms with van der Waals surface area (Å²) in [6.45, 7) is 19.9. The van der Waals surface area contributed by atoms with Crippen molar-refractivity contribution in [2.75, 3.05) is 53.0 Å². The van der Waals surface area contributed by atoms with E-state index in [-0.39, 0.29) is 47.7 Å². The van der Waals surface area contributed by atoms with E-state index in [1.165, 1.54) is 0 Å². The molecule has 9 nitrogen and oxygen atoms in total. The third-order valence-corrected chi connectivity index (χ3v) is 8.04. The monoisotopic (exact) mass is 549 g/mol. The fraction of sp³-hybridized carbons (Fsp3) is 0.833. The number of hydrogen-bond donors (Lipinski definition) is 2. The fourth-order valence-electron chi connectivity index (χ4n) is 5.53. The molecule has 2 rings (SSSR count). The molecule has 3 amide bonds. The number of carbonyl (C=O) groups is 3. The molecule has 0 bridgehead atoms. The number of likely N-dealkylation sites (N-methyl/N-ethyl adjacent to an activating group) is 1. The molecule has 2 aliphatic rings. The van der Waals surface area contributed by atoms with Gasteiger partial charge >= 0.3 is 0 Å². The quantitative estimate of drug-likeness (QED) is 0.271. The molecule has 3 atom stereocenters. The Balaban J connectivity index is 2.01. The molecular formula is C30H55N5O4. The van der Waals surface area contributed by atoms with Crippen LogP contribution in [0.25, 0.3) is 0 Å². The first-order valence-corrected chi connectivity index (χ1v) is 15.0. The van der Waals surface area contributed by atoms with Crippen LogP contribution in [0.3, 0.4) is 0 Å². The number of rotatable bonds is 13. The van der Waals surface area contributed by atoms with Gasteiger partial charge in [0.2, 0.25) is 17.7 Å². The van der Waals surface area contributed by atoms with E-state index in [9.17, 15) is 14.4 Å². The Hall–Kier alpha value is -1.97. The van der Waals surface area contributed by atoms with Crippen LogP contribution in [0.1, 0.15) is 74.1 Å². The lowest BCUT2D eigenvalue weighted by atomic mass is 9.95. The van der Waals surface area contributed by atoms with E-state index in [4.69, 9.17) is 4.74 Å². The maximum atomic E-state index is 13.7. The average molecular weight is 550 g/mol. The van der Waals surface area contributed by atoms with Crippen molar-refractivity contribution in [3.63, 3.8) is 0 Å². The van der Waals surface area contributed by atoms with Crippen molar-refractivity contribution in [2.24, 2.45) is 11.8 Å². The van der Waals surface area contributed by atoms with E-state index < -0.39 is 6.04 Å². The lowest BCUT2D eigenvalue weighted by molar-refractivity contribution is -0.140. The van der Waals surface area contributed by atoms with Gasteiger partial charge in [-0.1, -0.05) is 40.2 Å². The Morgan fingerprint density at radius 2 is 1.67 bits per heavy atom. The molecule has 2 heterocycles. The second kappa shape index (κ2) is 16.3. The Morgan fingerprint density at radius 3 is 2.26 bits per heavy atom. The van der Waals surface area contributed by atoms with Crippen molar-refractivity contribution < 1.29 is 19.1 Å². The zero-order chi connectivity index (χ0) is 29.1. The predicted molar refractivity (Wildman–Crippen MR) is 156 cm³/mol. The molecule has 0 aromatic rings. The van der Waals surface area contributed by atoms with Gasteiger partial charge in [0, 0.05) is 38.3 Å². The number of nitrogens with one attached hydrogen (secondary N) is 2. The van der Waals surface area contributed by atoms with Gasteiger partial charge in [0.1, 0.15) is 6.04 Å². The lowest BCUT2D eigenvalue weighted by Gasteiger charge is -2.39. The highest BCUT2D eigenvalue weighted by molar-refractivity contribution is 5.93. The summed E-state index contributed by atoms with van der Waals surface area (Å²) in [7, 11) is 1.78. The van der Waals surface area contributed by atoms with Gasteiger partial charge in [-0.25, -0.2) is 0 Å². The second-order valence-electron chi connectivity index (χ2n) is 12.2. The number of amides is 3. The molecular weight excluding hydrogens is 494 g/mol. The van der Waals surface area contributed by atoms with Crippen LogP contribution in [-0.2, 0) is 19.1 Å². The molecule has 0 aliphatic carbocycles. The minimum Gasteiger partial charge on any atom is -0.379 e. The maximum absolute atomic E-state index is 13.7. The van der Waals surface area contributed by atoms with Crippen LogP contribution in [0, 0.1) is 11.8 Å². The van der Waals surface area contributed by atoms with Crippen LogP contribution in [0.2, 0.25) is 0 Å². The number of morpholine rings is 1. The van der Waals surface area contributed by atoms with E-state index in [1.807, 2.05) is 33.8 Å². The Bertz CT molecular complexity index is 822. The summed E-state index contributed by atoms with van der Waals surface area (Å²) in [4.78, 5) is 46.2. The topological polar surface area (TPSA) is 94.2 Å². The smallest absolute Gasteiger partial charge is 0.246 e. The highest BCUT2D eigenvalue weighted by Gasteiger charge is 2.36. The molecule has 0 aromatic carbocycles. The number of carbonyl (C=O) groups excluding carboxylic acids is 3. The van der Waals surface area contributed by atoms with Gasteiger partial charge in [0.05, 0.1) is 25.3 Å². The van der Waals surface area contributed by atoms with Crippen molar-refractivity contribution in [1.82, 2.24) is 25.3 Å². The van der Waals surface area contributed by atoms with Crippen molar-refractivity contribution in [1.29, 1.82) is 0 Å². The molecule has 0 radical (unpaired) electrons. The van der Waals surface area contributed by atoms with Crippen molar-refractivity contribution in [2.45, 2.75) is 98.3 Å². The largest absolute Gasteiger partial charge is 0.379 e. The predicted octanol–water partition coefficient (Wildman–Crippen LogP) is 2.66. The first-order valence-electron chi connectivity index (χ1n) is 15.0. The number of hydrogen-bond acceptors (Lipinski definition) is 6. The summed E-state index contributed by atoms with van der Waals surface area (Å²) in [6.07, 6.45) is 5.71. The van der Waals surface area contributed by atoms with E-state index >= 15 is 0 Å². The van der Waals surface area contributed by atoms with Crippen LogP contribution >= 0.6 is 0 Å². The van der Waals surface area contributed by atoms with Gasteiger partial charge in [0.25, 0.3) is 0 Å². The normalized spacial score (nSPS) is 21.2. The third kappa shape index (κ3) is 10.2. The molecule has 0 aromatic heterocycles. The summed E-state index contributed by atoms with van der Waals surface area (Å²) in [5, 5.41) is 6.12. The molecule has 0 saturated carbocycles. The molecule has 224 valence electrons. The second-order valence-corrected chi connectivity index (χ2v) is 12.2. The molecule has 3 unspecified atom stereocenters. The Kier molecular flexibility index (Phi) is 13.9. The first-order chi connectivity index (χ1) is 18.4. The van der Waals surface area contributed by atoms with Gasteiger partial charge in [-0.05, 0) is 65.0 Å². The van der Waals surface area contributed by atoms with Crippen LogP contribution < -0.4 is 10.6 Å². The lowest BCUT2D eigenvalue weighted by Crippen LogP contribution is -2.58. The molecule has 2 fully saturated rings. The number of piperidine rings is 1. The van der Waals surface area contributed by atoms with Crippen LogP contribution in [0.4, 0.5) is 0 Å². The summed E-state index contributed by atoms with van der Waals surface area (Å²) >= 11 is 0. The van der Waals surface area contributed by atoms with Gasteiger partial charge in [-0.2, -0.15) is 0 Å². The number of likely N-dealkylation sites (tertiary alicyclic amines) is 1. The summed E-state index contributed by atoms with van der Waals surface area (Å²) in [5.41, 5.74) is 0.597. The molecule has 39 heavy (non-hydrogen) atoms. The molecule has 2 saturated heterocycles. The molecule has 0 spiro atoms. The fourth-order valence-corrected chi connectivity index (χ4v) is 5.53. The van der Waals surface area contributed by atoms with Gasteiger partial charge < -0.3 is 20.3 Å². The minimum absolute atomic E-state index is 0.0619. The first kappa shape index (κ1) is 33.2. The van der Waals surface area contributed by atoms with Crippen molar-refractivity contribution >= 4 is 17.7 Å². The van der Waals surface area contributed by atoms with E-state index in [1.54, 1.807) is 18.9 Å². The van der Waals surface area contributed by atoms with Gasteiger partial charge in [-0.3, -0.25) is 24.2 Å². The van der Waals surface area contributed by atoms with Crippen LogP contribution in [0.15, 0.2) is 11.6 Å². The summed E-state index contributed by atoms with van der Waals surface area (Å²) < 4.78 is 5.39. The Labute approximate surface area is 237 Å². The number of ether oxygens (including phenoxy) is 1. The average Bonchev–Trinajstić information content (AvgIpc) is 2.91. The molecule has 2 aliphatic heterocycles. The standard InChI is InChI=1S/C30H55N5O4/c1-21(2)26(20-24(7)28(36)31-13-11-14-34-16-18-39-19-17-34)33(8)30(38)27(22(3)4)32-29(37)25-12-9-10-15-35(25)23(5)6/h20-23,25-27H,9-19H2,1-8H3,(H,31,36)(H,32,37)/b24-20+. The summed E-state index contributed by atoms with van der Waals surface area (Å²) in [5.74, 6) is -0.260. The van der Waals surface area contributed by atoms with Crippen LogP contribution in [0.5, 0.6) is 0 Å². The zero-order valence-electron chi connectivity index (χ0n) is 25.8. The van der Waals surface area contributed by atoms with E-state index in [2.05, 4.69) is 34.3 Å². The number of nitrogens with zero attached hydrogens (tertiary/aromatic N) is 3. The van der Waals surface area contributed by atoms with Gasteiger partial charge in [-0.15, -0.1) is 0 Å². The van der Waals surface area contributed by atoms with E-state index in [0.717, 1.165) is 65.1 Å². The third-order valence-electron chi connectivity index (χ3n) is 8.04. The van der Waals surface area contributed by atoms with Crippen molar-refractivity contribution in [3.05, 3.63) is 11.6 Å². The zero-order valence-corrected chi connectivity index (χ0v) is 25.8. The SMILES string of the molecule is C/C(=C\C(C(C)C)N(C)C(=O)C(NC(=O)C1CCCCN1C(C)C)C(C)C)C(=O)NCCCN1CCOCC1. The Morgan fingerprint density at radius 1 is 1.00 bits per heavy atom. The highest BCUT2D eigenvalue weighted by Crippen LogP contribution is 2.21. The summed E-state index contributed by atoms with van der Waals surface area (Å²) in [6, 6.07) is -0.812. The van der Waals surface area contributed by atoms with E-state index in [0.29, 0.717) is 12.1 Å². The molecule has 2 N–H and O–H groups in total. The van der Waals surface area contributed by atoms with Gasteiger partial charge in [0.15, 0.2) is 0 Å². The molecule has 9 heteroatoms.